The SMILES string of the molecule is CCOC(=O)C1CC(S(=O)(=O)c2ccc(OC)cc2)CCN1Cc1ccc(Cl)c(Cl)c1. The minimum absolute atomic E-state index is 0.161. The van der Waals surface area contributed by atoms with Crippen molar-refractivity contribution in [2.45, 2.75) is 42.5 Å². The van der Waals surface area contributed by atoms with Crippen LogP contribution in [0, 0.1) is 0 Å². The molecule has 2 aromatic carbocycles. The highest BCUT2D eigenvalue weighted by molar-refractivity contribution is 7.92. The van der Waals surface area contributed by atoms with Gasteiger partial charge < -0.3 is 9.47 Å². The number of hydrogen-bond acceptors (Lipinski definition) is 6. The molecule has 168 valence electrons. The van der Waals surface area contributed by atoms with E-state index in [0.29, 0.717) is 35.3 Å². The van der Waals surface area contributed by atoms with Crippen LogP contribution in [0.2, 0.25) is 10.0 Å². The molecule has 2 aromatic rings. The zero-order chi connectivity index (χ0) is 22.6. The summed E-state index contributed by atoms with van der Waals surface area (Å²) >= 11 is 12.1. The summed E-state index contributed by atoms with van der Waals surface area (Å²) in [5.41, 5.74) is 0.889. The first kappa shape index (κ1) is 23.9. The van der Waals surface area contributed by atoms with E-state index in [9.17, 15) is 13.2 Å². The number of methoxy groups -OCH3 is 1. The van der Waals surface area contributed by atoms with Gasteiger partial charge in [-0.25, -0.2) is 8.42 Å². The van der Waals surface area contributed by atoms with Gasteiger partial charge in [-0.1, -0.05) is 29.3 Å². The molecule has 2 atom stereocenters. The van der Waals surface area contributed by atoms with Crippen molar-refractivity contribution >= 4 is 39.0 Å². The molecule has 0 N–H and O–H groups in total. The highest BCUT2D eigenvalue weighted by Gasteiger charge is 2.40. The number of likely N-dealkylation sites (tertiary alicyclic amines) is 1. The van der Waals surface area contributed by atoms with Gasteiger partial charge >= 0.3 is 5.97 Å². The molecule has 1 saturated heterocycles. The molecule has 0 bridgehead atoms. The Hall–Kier alpha value is -1.80. The van der Waals surface area contributed by atoms with E-state index in [0.717, 1.165) is 5.56 Å². The maximum Gasteiger partial charge on any atom is 0.323 e. The lowest BCUT2D eigenvalue weighted by Gasteiger charge is -2.37. The first-order valence-electron chi connectivity index (χ1n) is 9.98. The van der Waals surface area contributed by atoms with Gasteiger partial charge in [0.15, 0.2) is 9.84 Å². The van der Waals surface area contributed by atoms with Gasteiger partial charge in [0, 0.05) is 13.1 Å². The molecule has 31 heavy (non-hydrogen) atoms. The molecule has 1 aliphatic heterocycles. The van der Waals surface area contributed by atoms with E-state index >= 15 is 0 Å². The highest BCUT2D eigenvalue weighted by atomic mass is 35.5. The van der Waals surface area contributed by atoms with Crippen LogP contribution in [0.15, 0.2) is 47.4 Å². The number of halogens is 2. The molecule has 2 unspecified atom stereocenters. The van der Waals surface area contributed by atoms with Gasteiger partial charge in [-0.2, -0.15) is 0 Å². The Kier molecular flexibility index (Phi) is 7.86. The lowest BCUT2D eigenvalue weighted by atomic mass is 10.0. The van der Waals surface area contributed by atoms with Crippen LogP contribution in [0.25, 0.3) is 0 Å². The molecule has 0 spiro atoms. The smallest absolute Gasteiger partial charge is 0.323 e. The number of piperidine rings is 1. The van der Waals surface area contributed by atoms with E-state index in [1.807, 2.05) is 11.0 Å². The monoisotopic (exact) mass is 485 g/mol. The number of hydrogen-bond donors (Lipinski definition) is 0. The Morgan fingerprint density at radius 2 is 1.84 bits per heavy atom. The fourth-order valence-electron chi connectivity index (χ4n) is 3.77. The molecule has 9 heteroatoms. The van der Waals surface area contributed by atoms with Crippen molar-refractivity contribution in [3.63, 3.8) is 0 Å². The van der Waals surface area contributed by atoms with E-state index in [4.69, 9.17) is 32.7 Å². The number of ether oxygens (including phenoxy) is 2. The number of sulfone groups is 1. The average molecular weight is 486 g/mol. The van der Waals surface area contributed by atoms with Gasteiger partial charge in [0.2, 0.25) is 0 Å². The van der Waals surface area contributed by atoms with E-state index in [1.54, 1.807) is 31.2 Å². The third kappa shape index (κ3) is 5.52. The van der Waals surface area contributed by atoms with Crippen LogP contribution in [-0.4, -0.2) is 50.8 Å². The summed E-state index contributed by atoms with van der Waals surface area (Å²) in [6.07, 6.45) is 0.570. The Bertz CT molecular complexity index is 1030. The fourth-order valence-corrected chi connectivity index (χ4v) is 5.84. The second-order valence-electron chi connectivity index (χ2n) is 7.35. The number of benzene rings is 2. The third-order valence-corrected chi connectivity index (χ3v) is 8.39. The average Bonchev–Trinajstić information content (AvgIpc) is 2.76. The van der Waals surface area contributed by atoms with E-state index in [1.165, 1.54) is 19.2 Å². The predicted octanol–water partition coefficient (Wildman–Crippen LogP) is 4.37. The lowest BCUT2D eigenvalue weighted by Crippen LogP contribution is -2.50. The third-order valence-electron chi connectivity index (χ3n) is 5.42. The Morgan fingerprint density at radius 1 is 1.13 bits per heavy atom. The highest BCUT2D eigenvalue weighted by Crippen LogP contribution is 2.31. The van der Waals surface area contributed by atoms with Gasteiger partial charge in [0.1, 0.15) is 11.8 Å². The Labute approximate surface area is 193 Å². The lowest BCUT2D eigenvalue weighted by molar-refractivity contribution is -0.151. The number of carbonyl (C=O) groups is 1. The molecule has 1 aliphatic rings. The van der Waals surface area contributed by atoms with Crippen LogP contribution in [0.1, 0.15) is 25.3 Å². The molecular weight excluding hydrogens is 461 g/mol. The molecule has 0 saturated carbocycles. The summed E-state index contributed by atoms with van der Waals surface area (Å²) in [6, 6.07) is 11.0. The van der Waals surface area contributed by atoms with Crippen molar-refractivity contribution in [2.24, 2.45) is 0 Å². The van der Waals surface area contributed by atoms with E-state index in [-0.39, 0.29) is 17.9 Å². The quantitative estimate of drug-likeness (QED) is 0.542. The second kappa shape index (κ2) is 10.2. The van der Waals surface area contributed by atoms with Crippen LogP contribution < -0.4 is 4.74 Å². The molecule has 0 radical (unpaired) electrons. The first-order chi connectivity index (χ1) is 14.8. The van der Waals surface area contributed by atoms with Crippen molar-refractivity contribution in [1.82, 2.24) is 4.90 Å². The molecule has 0 aliphatic carbocycles. The molecule has 6 nitrogen and oxygen atoms in total. The van der Waals surface area contributed by atoms with Crippen LogP contribution in [-0.2, 0) is 25.9 Å². The standard InChI is InChI=1S/C22H25Cl2NO5S/c1-3-30-22(26)21-13-18(31(27,28)17-7-5-16(29-2)6-8-17)10-11-25(21)14-15-4-9-19(23)20(24)12-15/h4-9,12,18,21H,3,10-11,13-14H2,1-2H3. The van der Waals surface area contributed by atoms with Gasteiger partial charge in [-0.3, -0.25) is 9.69 Å². The van der Waals surface area contributed by atoms with Gasteiger partial charge in [-0.15, -0.1) is 0 Å². The van der Waals surface area contributed by atoms with Gasteiger partial charge in [-0.05, 0) is 61.7 Å². The van der Waals surface area contributed by atoms with Crippen LogP contribution >= 0.6 is 23.2 Å². The number of carbonyl (C=O) groups excluding carboxylic acids is 1. The zero-order valence-electron chi connectivity index (χ0n) is 17.4. The van der Waals surface area contributed by atoms with Crippen molar-refractivity contribution < 1.29 is 22.7 Å². The van der Waals surface area contributed by atoms with Crippen molar-refractivity contribution in [2.75, 3.05) is 20.3 Å². The Balaban J connectivity index is 1.82. The van der Waals surface area contributed by atoms with Gasteiger partial charge in [0.25, 0.3) is 0 Å². The van der Waals surface area contributed by atoms with E-state index in [2.05, 4.69) is 0 Å². The summed E-state index contributed by atoms with van der Waals surface area (Å²) in [7, 11) is -2.08. The molecular formula is C22H25Cl2NO5S. The van der Waals surface area contributed by atoms with Gasteiger partial charge in [0.05, 0.1) is 33.9 Å². The summed E-state index contributed by atoms with van der Waals surface area (Å²) < 4.78 is 36.8. The fraction of sp³-hybridized carbons (Fsp3) is 0.409. The van der Waals surface area contributed by atoms with Crippen LogP contribution in [0.3, 0.4) is 0 Å². The van der Waals surface area contributed by atoms with E-state index < -0.39 is 27.1 Å². The topological polar surface area (TPSA) is 72.9 Å². The Morgan fingerprint density at radius 3 is 2.45 bits per heavy atom. The molecule has 1 fully saturated rings. The maximum absolute atomic E-state index is 13.2. The van der Waals surface area contributed by atoms with Crippen molar-refractivity contribution in [3.05, 3.63) is 58.1 Å². The number of rotatable bonds is 7. The summed E-state index contributed by atoms with van der Waals surface area (Å²) in [5.74, 6) is 0.164. The molecule has 1 heterocycles. The molecule has 0 amide bonds. The summed E-state index contributed by atoms with van der Waals surface area (Å²) in [6.45, 7) is 2.83. The van der Waals surface area contributed by atoms with Crippen molar-refractivity contribution in [1.29, 1.82) is 0 Å². The number of nitrogens with zero attached hydrogens (tertiary/aromatic N) is 1. The summed E-state index contributed by atoms with van der Waals surface area (Å²) in [4.78, 5) is 14.9. The zero-order valence-corrected chi connectivity index (χ0v) is 19.7. The van der Waals surface area contributed by atoms with Crippen LogP contribution in [0.4, 0.5) is 0 Å². The maximum atomic E-state index is 13.2. The van der Waals surface area contributed by atoms with Crippen molar-refractivity contribution in [3.8, 4) is 5.75 Å². The largest absolute Gasteiger partial charge is 0.497 e. The minimum atomic E-state index is -3.61. The molecule has 0 aromatic heterocycles. The minimum Gasteiger partial charge on any atom is -0.497 e. The normalized spacial score (nSPS) is 19.7. The second-order valence-corrected chi connectivity index (χ2v) is 10.4. The molecule has 3 rings (SSSR count). The van der Waals surface area contributed by atoms with Crippen LogP contribution in [0.5, 0.6) is 5.75 Å². The number of esters is 1. The predicted molar refractivity (Wildman–Crippen MR) is 120 cm³/mol. The summed E-state index contributed by atoms with van der Waals surface area (Å²) in [5, 5.41) is 0.209. The first-order valence-corrected chi connectivity index (χ1v) is 12.3.